The number of benzene rings is 1. The molecule has 1 N–H and O–H groups in total. The Labute approximate surface area is 153 Å². The molecule has 3 aliphatic rings. The second kappa shape index (κ2) is 8.55. The van der Waals surface area contributed by atoms with Gasteiger partial charge >= 0.3 is 0 Å². The van der Waals surface area contributed by atoms with Crippen LogP contribution in [0.4, 0.5) is 5.69 Å². The van der Waals surface area contributed by atoms with Crippen LogP contribution in [0, 0.1) is 5.92 Å². The summed E-state index contributed by atoms with van der Waals surface area (Å²) >= 11 is 0. The van der Waals surface area contributed by atoms with Crippen LogP contribution < -0.4 is 10.2 Å². The highest BCUT2D eigenvalue weighted by molar-refractivity contribution is 5.57. The minimum atomic E-state index is 0.962. The number of nitrogens with one attached hydrogen (secondary N) is 1. The number of hydrogen-bond donors (Lipinski definition) is 1. The number of anilines is 1. The lowest BCUT2D eigenvalue weighted by molar-refractivity contribution is 0.224. The molecule has 4 rings (SSSR count). The number of nitrogens with zero attached hydrogens (tertiary/aromatic N) is 2. The second-order valence-corrected chi connectivity index (χ2v) is 8.29. The molecule has 0 bridgehead atoms. The van der Waals surface area contributed by atoms with Gasteiger partial charge in [0.05, 0.1) is 0 Å². The minimum Gasteiger partial charge on any atom is -0.369 e. The van der Waals surface area contributed by atoms with Crippen molar-refractivity contribution in [2.75, 3.05) is 50.7 Å². The Morgan fingerprint density at radius 2 is 1.72 bits per heavy atom. The van der Waals surface area contributed by atoms with Gasteiger partial charge < -0.3 is 10.2 Å². The molecule has 1 aromatic rings. The predicted molar refractivity (Wildman–Crippen MR) is 107 cm³/mol. The molecule has 25 heavy (non-hydrogen) atoms. The SMILES string of the molecule is c1cc2c(c(N3CCN(CCC4CCNCC4)CC3)c1)CCCCC2. The first kappa shape index (κ1) is 17.4. The number of piperazine rings is 1. The molecule has 3 heteroatoms. The Kier molecular flexibility index (Phi) is 5.94. The Morgan fingerprint density at radius 1 is 0.920 bits per heavy atom. The van der Waals surface area contributed by atoms with Gasteiger partial charge in [0, 0.05) is 31.9 Å². The molecule has 3 nitrogen and oxygen atoms in total. The van der Waals surface area contributed by atoms with E-state index in [1.54, 1.807) is 16.8 Å². The maximum absolute atomic E-state index is 3.49. The Morgan fingerprint density at radius 3 is 2.56 bits per heavy atom. The van der Waals surface area contributed by atoms with Crippen molar-refractivity contribution in [3.8, 4) is 0 Å². The number of rotatable bonds is 4. The lowest BCUT2D eigenvalue weighted by Crippen LogP contribution is -2.47. The molecule has 0 radical (unpaired) electrons. The van der Waals surface area contributed by atoms with E-state index in [1.807, 2.05) is 0 Å². The molecule has 2 aliphatic heterocycles. The average molecular weight is 342 g/mol. The third-order valence-electron chi connectivity index (χ3n) is 6.65. The predicted octanol–water partition coefficient (Wildman–Crippen LogP) is 3.47. The third-order valence-corrected chi connectivity index (χ3v) is 6.65. The molecule has 0 aromatic heterocycles. The fraction of sp³-hybridized carbons (Fsp3) is 0.727. The molecular weight excluding hydrogens is 306 g/mol. The first-order valence-electron chi connectivity index (χ1n) is 10.7. The molecule has 1 aliphatic carbocycles. The zero-order valence-electron chi connectivity index (χ0n) is 15.8. The molecule has 138 valence electrons. The number of aryl methyl sites for hydroxylation is 1. The van der Waals surface area contributed by atoms with E-state index in [0.717, 1.165) is 5.92 Å². The smallest absolute Gasteiger partial charge is 0.0402 e. The molecular formula is C22H35N3. The highest BCUT2D eigenvalue weighted by Crippen LogP contribution is 2.30. The standard InChI is InChI=1S/C22H35N3/c1-2-5-20-6-4-8-22(21(20)7-3-1)25-17-15-24(16-18-25)14-11-19-9-12-23-13-10-19/h4,6,8,19,23H,1-3,5,7,9-18H2. The van der Waals surface area contributed by atoms with Crippen LogP contribution in [0.5, 0.6) is 0 Å². The molecule has 2 fully saturated rings. The summed E-state index contributed by atoms with van der Waals surface area (Å²) in [5, 5.41) is 3.49. The van der Waals surface area contributed by atoms with Crippen molar-refractivity contribution >= 4 is 5.69 Å². The van der Waals surface area contributed by atoms with Crippen LogP contribution in [0.3, 0.4) is 0 Å². The summed E-state index contributed by atoms with van der Waals surface area (Å²) in [5.74, 6) is 0.962. The fourth-order valence-electron chi connectivity index (χ4n) is 4.98. The molecule has 0 saturated carbocycles. The summed E-state index contributed by atoms with van der Waals surface area (Å²) < 4.78 is 0. The van der Waals surface area contributed by atoms with E-state index in [2.05, 4.69) is 33.3 Å². The van der Waals surface area contributed by atoms with Crippen molar-refractivity contribution < 1.29 is 0 Å². The largest absolute Gasteiger partial charge is 0.369 e. The molecule has 2 heterocycles. The normalized spacial score (nSPS) is 23.3. The van der Waals surface area contributed by atoms with Gasteiger partial charge in [0.1, 0.15) is 0 Å². The molecule has 0 amide bonds. The van der Waals surface area contributed by atoms with E-state index in [-0.39, 0.29) is 0 Å². The van der Waals surface area contributed by atoms with Gasteiger partial charge in [-0.25, -0.2) is 0 Å². The maximum Gasteiger partial charge on any atom is 0.0402 e. The summed E-state index contributed by atoms with van der Waals surface area (Å²) in [4.78, 5) is 5.38. The van der Waals surface area contributed by atoms with Gasteiger partial charge in [-0.1, -0.05) is 18.6 Å². The average Bonchev–Trinajstić information content (AvgIpc) is 2.93. The highest BCUT2D eigenvalue weighted by atomic mass is 15.3. The van der Waals surface area contributed by atoms with E-state index >= 15 is 0 Å². The van der Waals surface area contributed by atoms with Crippen molar-refractivity contribution in [1.82, 2.24) is 10.2 Å². The van der Waals surface area contributed by atoms with Crippen molar-refractivity contribution in [3.05, 3.63) is 29.3 Å². The van der Waals surface area contributed by atoms with Crippen molar-refractivity contribution in [3.63, 3.8) is 0 Å². The van der Waals surface area contributed by atoms with Crippen LogP contribution in [0.25, 0.3) is 0 Å². The van der Waals surface area contributed by atoms with Crippen molar-refractivity contribution in [2.45, 2.75) is 51.4 Å². The van der Waals surface area contributed by atoms with E-state index in [4.69, 9.17) is 0 Å². The van der Waals surface area contributed by atoms with Gasteiger partial charge in [-0.15, -0.1) is 0 Å². The van der Waals surface area contributed by atoms with Crippen LogP contribution in [0.2, 0.25) is 0 Å². The van der Waals surface area contributed by atoms with Crippen LogP contribution in [0.1, 0.15) is 49.7 Å². The molecule has 0 spiro atoms. The Bertz CT molecular complexity index is 542. The fourth-order valence-corrected chi connectivity index (χ4v) is 4.98. The monoisotopic (exact) mass is 341 g/mol. The van der Waals surface area contributed by atoms with Crippen LogP contribution in [0.15, 0.2) is 18.2 Å². The number of fused-ring (bicyclic) bond motifs is 1. The molecule has 0 unspecified atom stereocenters. The number of hydrogen-bond acceptors (Lipinski definition) is 3. The zero-order chi connectivity index (χ0) is 16.9. The lowest BCUT2D eigenvalue weighted by atomic mass is 9.94. The Hall–Kier alpha value is -1.06. The molecule has 0 atom stereocenters. The quantitative estimate of drug-likeness (QED) is 0.846. The molecule has 2 saturated heterocycles. The minimum absolute atomic E-state index is 0.962. The topological polar surface area (TPSA) is 18.5 Å². The van der Waals surface area contributed by atoms with E-state index in [0.29, 0.717) is 0 Å². The van der Waals surface area contributed by atoms with Crippen molar-refractivity contribution in [2.24, 2.45) is 5.92 Å². The summed E-state index contributed by atoms with van der Waals surface area (Å²) in [6.07, 6.45) is 10.9. The first-order valence-corrected chi connectivity index (χ1v) is 10.7. The van der Waals surface area contributed by atoms with Gasteiger partial charge in [0.2, 0.25) is 0 Å². The maximum atomic E-state index is 3.49. The second-order valence-electron chi connectivity index (χ2n) is 8.29. The molecule has 1 aromatic carbocycles. The highest BCUT2D eigenvalue weighted by Gasteiger charge is 2.22. The van der Waals surface area contributed by atoms with Crippen molar-refractivity contribution in [1.29, 1.82) is 0 Å². The van der Waals surface area contributed by atoms with Crippen LogP contribution >= 0.6 is 0 Å². The summed E-state index contributed by atoms with van der Waals surface area (Å²) in [5.41, 5.74) is 4.85. The van der Waals surface area contributed by atoms with E-state index < -0.39 is 0 Å². The zero-order valence-corrected chi connectivity index (χ0v) is 15.8. The van der Waals surface area contributed by atoms with E-state index in [9.17, 15) is 0 Å². The first-order chi connectivity index (χ1) is 12.4. The third kappa shape index (κ3) is 4.38. The van der Waals surface area contributed by atoms with Gasteiger partial charge in [-0.05, 0) is 87.7 Å². The van der Waals surface area contributed by atoms with Gasteiger partial charge in [0.25, 0.3) is 0 Å². The number of piperidine rings is 1. The van der Waals surface area contributed by atoms with Gasteiger partial charge in [-0.2, -0.15) is 0 Å². The Balaban J connectivity index is 1.31. The summed E-state index contributed by atoms with van der Waals surface area (Å²) in [6, 6.07) is 7.05. The van der Waals surface area contributed by atoms with E-state index in [1.165, 1.54) is 97.2 Å². The summed E-state index contributed by atoms with van der Waals surface area (Å²) in [7, 11) is 0. The van der Waals surface area contributed by atoms with Crippen LogP contribution in [-0.4, -0.2) is 50.7 Å². The summed E-state index contributed by atoms with van der Waals surface area (Å²) in [6.45, 7) is 8.69. The van der Waals surface area contributed by atoms with Crippen LogP contribution in [-0.2, 0) is 12.8 Å². The van der Waals surface area contributed by atoms with Gasteiger partial charge in [0.15, 0.2) is 0 Å². The lowest BCUT2D eigenvalue weighted by Gasteiger charge is -2.38. The van der Waals surface area contributed by atoms with Gasteiger partial charge in [-0.3, -0.25) is 4.90 Å².